The maximum atomic E-state index is 12.8. The summed E-state index contributed by atoms with van der Waals surface area (Å²) in [5.74, 6) is -0.310. The van der Waals surface area contributed by atoms with E-state index in [1.807, 2.05) is 41.3 Å². The maximum absolute atomic E-state index is 12.8. The summed E-state index contributed by atoms with van der Waals surface area (Å²) in [6.45, 7) is 8.75. The molecule has 1 aliphatic heterocycles. The Hall–Kier alpha value is -2.56. The van der Waals surface area contributed by atoms with Crippen molar-refractivity contribution in [2.24, 2.45) is 0 Å². The highest BCUT2D eigenvalue weighted by atomic mass is 16.6. The SMILES string of the molecule is C=CCC[C@]1(CC(=C)CC(=O)OC)CCCN1C(=O)OCc1ccccc1. The third-order valence-electron chi connectivity index (χ3n) is 5.04. The van der Waals surface area contributed by atoms with Gasteiger partial charge < -0.3 is 14.4 Å². The van der Waals surface area contributed by atoms with Crippen LogP contribution in [0.1, 0.15) is 44.1 Å². The zero-order valence-electron chi connectivity index (χ0n) is 16.1. The van der Waals surface area contributed by atoms with E-state index in [4.69, 9.17) is 9.47 Å². The number of hydrogen-bond acceptors (Lipinski definition) is 4. The number of allylic oxidation sites excluding steroid dienone is 1. The molecule has 27 heavy (non-hydrogen) atoms. The molecule has 5 heteroatoms. The highest BCUT2D eigenvalue weighted by Gasteiger charge is 2.44. The smallest absolute Gasteiger partial charge is 0.410 e. The molecule has 1 aliphatic rings. The van der Waals surface area contributed by atoms with E-state index in [1.54, 1.807) is 0 Å². The number of likely N-dealkylation sites (tertiary alicyclic amines) is 1. The number of amides is 1. The van der Waals surface area contributed by atoms with Crippen molar-refractivity contribution in [3.05, 3.63) is 60.7 Å². The minimum Gasteiger partial charge on any atom is -0.469 e. The van der Waals surface area contributed by atoms with Crippen molar-refractivity contribution in [1.29, 1.82) is 0 Å². The molecule has 1 atom stereocenters. The second-order valence-electron chi connectivity index (χ2n) is 7.03. The third-order valence-corrected chi connectivity index (χ3v) is 5.04. The first kappa shape index (κ1) is 20.7. The van der Waals surface area contributed by atoms with E-state index in [0.717, 1.165) is 36.8 Å². The van der Waals surface area contributed by atoms with Crippen molar-refractivity contribution >= 4 is 12.1 Å². The van der Waals surface area contributed by atoms with Gasteiger partial charge in [-0.1, -0.05) is 48.6 Å². The number of rotatable bonds is 9. The van der Waals surface area contributed by atoms with Gasteiger partial charge in [-0.3, -0.25) is 4.79 Å². The van der Waals surface area contributed by atoms with Crippen LogP contribution in [0.3, 0.4) is 0 Å². The van der Waals surface area contributed by atoms with Gasteiger partial charge in [0.05, 0.1) is 19.1 Å². The molecule has 0 aromatic heterocycles. The van der Waals surface area contributed by atoms with Crippen molar-refractivity contribution in [2.45, 2.75) is 50.7 Å². The Balaban J connectivity index is 2.08. The Morgan fingerprint density at radius 2 is 2.04 bits per heavy atom. The number of benzene rings is 1. The lowest BCUT2D eigenvalue weighted by Gasteiger charge is -2.38. The van der Waals surface area contributed by atoms with Crippen LogP contribution in [0.2, 0.25) is 0 Å². The van der Waals surface area contributed by atoms with Crippen LogP contribution < -0.4 is 0 Å². The number of esters is 1. The molecule has 1 heterocycles. The number of hydrogen-bond donors (Lipinski definition) is 0. The molecular formula is C22H29NO4. The van der Waals surface area contributed by atoms with E-state index >= 15 is 0 Å². The van der Waals surface area contributed by atoms with Crippen LogP contribution in [0.4, 0.5) is 4.79 Å². The lowest BCUT2D eigenvalue weighted by atomic mass is 9.83. The van der Waals surface area contributed by atoms with Gasteiger partial charge in [-0.25, -0.2) is 4.79 Å². The molecule has 0 N–H and O–H groups in total. The Bertz CT molecular complexity index is 670. The average Bonchev–Trinajstić information content (AvgIpc) is 3.08. The van der Waals surface area contributed by atoms with Gasteiger partial charge in [0.2, 0.25) is 0 Å². The predicted molar refractivity (Wildman–Crippen MR) is 105 cm³/mol. The fourth-order valence-corrected chi connectivity index (χ4v) is 3.73. The number of carbonyl (C=O) groups excluding carboxylic acids is 2. The quantitative estimate of drug-likeness (QED) is 0.469. The van der Waals surface area contributed by atoms with Crippen molar-refractivity contribution in [3.8, 4) is 0 Å². The van der Waals surface area contributed by atoms with E-state index in [-0.39, 0.29) is 30.6 Å². The van der Waals surface area contributed by atoms with Crippen LogP contribution in [0.15, 0.2) is 55.1 Å². The van der Waals surface area contributed by atoms with Gasteiger partial charge in [0, 0.05) is 6.54 Å². The zero-order chi connectivity index (χ0) is 19.7. The van der Waals surface area contributed by atoms with Crippen LogP contribution in [0.25, 0.3) is 0 Å². The van der Waals surface area contributed by atoms with Gasteiger partial charge in [0.1, 0.15) is 6.61 Å². The zero-order valence-corrected chi connectivity index (χ0v) is 16.1. The Kier molecular flexibility index (Phi) is 7.65. The molecule has 0 aliphatic carbocycles. The number of nitrogens with zero attached hydrogens (tertiary/aromatic N) is 1. The summed E-state index contributed by atoms with van der Waals surface area (Å²) >= 11 is 0. The van der Waals surface area contributed by atoms with Gasteiger partial charge in [-0.15, -0.1) is 6.58 Å². The summed E-state index contributed by atoms with van der Waals surface area (Å²) in [4.78, 5) is 26.2. The van der Waals surface area contributed by atoms with Crippen LogP contribution in [-0.2, 0) is 20.9 Å². The Morgan fingerprint density at radius 3 is 2.70 bits per heavy atom. The second kappa shape index (κ2) is 9.95. The molecule has 146 valence electrons. The monoisotopic (exact) mass is 371 g/mol. The third kappa shape index (κ3) is 5.71. The molecule has 2 rings (SSSR count). The summed E-state index contributed by atoms with van der Waals surface area (Å²) in [5.41, 5.74) is 1.35. The number of carbonyl (C=O) groups is 2. The van der Waals surface area contributed by atoms with Crippen LogP contribution in [-0.4, -0.2) is 36.2 Å². The largest absolute Gasteiger partial charge is 0.469 e. The van der Waals surface area contributed by atoms with E-state index in [1.165, 1.54) is 7.11 Å². The molecule has 0 spiro atoms. The number of ether oxygens (including phenoxy) is 2. The van der Waals surface area contributed by atoms with Gasteiger partial charge in [0.25, 0.3) is 0 Å². The summed E-state index contributed by atoms with van der Waals surface area (Å²) < 4.78 is 10.3. The predicted octanol–water partition coefficient (Wildman–Crippen LogP) is 4.63. The highest BCUT2D eigenvalue weighted by Crippen LogP contribution is 2.39. The lowest BCUT2D eigenvalue weighted by Crippen LogP contribution is -2.47. The molecule has 0 saturated carbocycles. The molecule has 0 unspecified atom stereocenters. The van der Waals surface area contributed by atoms with Crippen molar-refractivity contribution in [1.82, 2.24) is 4.90 Å². The molecule has 1 amide bonds. The maximum Gasteiger partial charge on any atom is 0.410 e. The molecule has 1 aromatic rings. The normalized spacial score (nSPS) is 18.8. The average molecular weight is 371 g/mol. The summed E-state index contributed by atoms with van der Waals surface area (Å²) in [7, 11) is 1.37. The first-order valence-corrected chi connectivity index (χ1v) is 9.33. The fourth-order valence-electron chi connectivity index (χ4n) is 3.73. The van der Waals surface area contributed by atoms with Crippen LogP contribution in [0, 0.1) is 0 Å². The van der Waals surface area contributed by atoms with E-state index in [0.29, 0.717) is 13.0 Å². The van der Waals surface area contributed by atoms with Crippen molar-refractivity contribution < 1.29 is 19.1 Å². The minimum absolute atomic E-state index is 0.166. The second-order valence-corrected chi connectivity index (χ2v) is 7.03. The van der Waals surface area contributed by atoms with E-state index in [9.17, 15) is 9.59 Å². The summed E-state index contributed by atoms with van der Waals surface area (Å²) in [6, 6.07) is 9.63. The molecule has 1 aromatic carbocycles. The van der Waals surface area contributed by atoms with Gasteiger partial charge >= 0.3 is 12.1 Å². The fraction of sp³-hybridized carbons (Fsp3) is 0.455. The first-order chi connectivity index (χ1) is 13.0. The molecular weight excluding hydrogens is 342 g/mol. The first-order valence-electron chi connectivity index (χ1n) is 9.33. The highest BCUT2D eigenvalue weighted by molar-refractivity contribution is 5.72. The molecule has 5 nitrogen and oxygen atoms in total. The lowest BCUT2D eigenvalue weighted by molar-refractivity contribution is -0.139. The number of methoxy groups -OCH3 is 1. The molecule has 0 radical (unpaired) electrons. The Morgan fingerprint density at radius 1 is 1.30 bits per heavy atom. The van der Waals surface area contributed by atoms with Gasteiger partial charge in [-0.05, 0) is 37.7 Å². The topological polar surface area (TPSA) is 55.8 Å². The minimum atomic E-state index is -0.382. The van der Waals surface area contributed by atoms with Crippen LogP contribution >= 0.6 is 0 Å². The van der Waals surface area contributed by atoms with Gasteiger partial charge in [-0.2, -0.15) is 0 Å². The van der Waals surface area contributed by atoms with Crippen molar-refractivity contribution in [2.75, 3.05) is 13.7 Å². The van der Waals surface area contributed by atoms with Crippen LogP contribution in [0.5, 0.6) is 0 Å². The molecule has 1 saturated heterocycles. The summed E-state index contributed by atoms with van der Waals surface area (Å²) in [6.07, 6.45) is 5.60. The van der Waals surface area contributed by atoms with Crippen molar-refractivity contribution in [3.63, 3.8) is 0 Å². The standard InChI is InChI=1S/C22H29NO4/c1-4-5-12-22(16-18(2)15-20(24)26-3)13-9-14-23(22)21(25)27-17-19-10-7-6-8-11-19/h4,6-8,10-11H,1-2,5,9,12-17H2,3H3/t22-/m1/s1. The van der Waals surface area contributed by atoms with E-state index in [2.05, 4.69) is 13.2 Å². The molecule has 0 bridgehead atoms. The summed E-state index contributed by atoms with van der Waals surface area (Å²) in [5, 5.41) is 0. The van der Waals surface area contributed by atoms with Gasteiger partial charge in [0.15, 0.2) is 0 Å². The Labute approximate surface area is 161 Å². The molecule has 1 fully saturated rings. The van der Waals surface area contributed by atoms with E-state index < -0.39 is 0 Å².